The summed E-state index contributed by atoms with van der Waals surface area (Å²) in [5.74, 6) is -1.70. The molecule has 0 saturated heterocycles. The number of nitrogens with one attached hydrogen (secondary N) is 1. The summed E-state index contributed by atoms with van der Waals surface area (Å²) in [5, 5.41) is 20.0. The second kappa shape index (κ2) is 4.45. The van der Waals surface area contributed by atoms with Gasteiger partial charge >= 0.3 is 0 Å². The molecule has 1 rings (SSSR count). The number of hydrogen-bond acceptors (Lipinski definition) is 3. The molecule has 0 amide bonds. The van der Waals surface area contributed by atoms with Crippen molar-refractivity contribution >= 4 is 5.69 Å². The molecular formula is C11H12F2N2O. The zero-order valence-electron chi connectivity index (χ0n) is 9.01. The quantitative estimate of drug-likeness (QED) is 0.829. The van der Waals surface area contributed by atoms with Gasteiger partial charge in [0.2, 0.25) is 0 Å². The summed E-state index contributed by atoms with van der Waals surface area (Å²) in [6.45, 7) is 2.93. The molecule has 0 saturated carbocycles. The lowest BCUT2D eigenvalue weighted by atomic mass is 10.1. The lowest BCUT2D eigenvalue weighted by Crippen LogP contribution is -2.35. The highest BCUT2D eigenvalue weighted by molar-refractivity contribution is 5.51. The first kappa shape index (κ1) is 12.4. The molecule has 0 bridgehead atoms. The van der Waals surface area contributed by atoms with Crippen LogP contribution in [0.4, 0.5) is 14.5 Å². The van der Waals surface area contributed by atoms with Crippen molar-refractivity contribution in [3.63, 3.8) is 0 Å². The van der Waals surface area contributed by atoms with E-state index in [-0.39, 0.29) is 17.9 Å². The molecule has 0 unspecified atom stereocenters. The summed E-state index contributed by atoms with van der Waals surface area (Å²) < 4.78 is 26.9. The first-order valence-corrected chi connectivity index (χ1v) is 4.68. The molecule has 0 aromatic heterocycles. The van der Waals surface area contributed by atoms with Crippen molar-refractivity contribution in [2.75, 3.05) is 11.9 Å². The summed E-state index contributed by atoms with van der Waals surface area (Å²) >= 11 is 0. The summed E-state index contributed by atoms with van der Waals surface area (Å²) in [6, 6.07) is 3.54. The number of nitriles is 1. The van der Waals surface area contributed by atoms with E-state index in [1.54, 1.807) is 19.9 Å². The fourth-order valence-corrected chi connectivity index (χ4v) is 1.14. The second-order valence-corrected chi connectivity index (χ2v) is 4.09. The largest absolute Gasteiger partial charge is 0.394 e. The van der Waals surface area contributed by atoms with Gasteiger partial charge in [-0.2, -0.15) is 5.26 Å². The molecule has 0 aliphatic rings. The van der Waals surface area contributed by atoms with E-state index in [2.05, 4.69) is 5.32 Å². The van der Waals surface area contributed by atoms with Crippen molar-refractivity contribution in [2.45, 2.75) is 19.4 Å². The van der Waals surface area contributed by atoms with Crippen LogP contribution < -0.4 is 5.32 Å². The number of aliphatic hydroxyl groups excluding tert-OH is 1. The Morgan fingerprint density at radius 2 is 1.88 bits per heavy atom. The Morgan fingerprint density at radius 3 is 2.25 bits per heavy atom. The zero-order chi connectivity index (χ0) is 12.3. The van der Waals surface area contributed by atoms with Crippen molar-refractivity contribution in [1.29, 1.82) is 5.26 Å². The highest BCUT2D eigenvalue weighted by Gasteiger charge is 2.20. The van der Waals surface area contributed by atoms with Crippen LogP contribution in [0.2, 0.25) is 0 Å². The maximum absolute atomic E-state index is 13.4. The molecule has 0 heterocycles. The summed E-state index contributed by atoms with van der Waals surface area (Å²) in [6.07, 6.45) is 0. The number of halogens is 2. The van der Waals surface area contributed by atoms with Crippen LogP contribution in [-0.4, -0.2) is 17.3 Å². The monoisotopic (exact) mass is 226 g/mol. The van der Waals surface area contributed by atoms with Crippen molar-refractivity contribution < 1.29 is 13.9 Å². The van der Waals surface area contributed by atoms with Gasteiger partial charge in [-0.25, -0.2) is 8.78 Å². The van der Waals surface area contributed by atoms with E-state index in [1.807, 2.05) is 0 Å². The number of aliphatic hydroxyl groups is 1. The third-order valence-electron chi connectivity index (χ3n) is 2.03. The number of anilines is 1. The van der Waals surface area contributed by atoms with E-state index < -0.39 is 17.2 Å². The van der Waals surface area contributed by atoms with Gasteiger partial charge in [0.1, 0.15) is 5.69 Å². The molecule has 5 heteroatoms. The minimum absolute atomic E-state index is 0.0812. The van der Waals surface area contributed by atoms with Gasteiger partial charge in [-0.15, -0.1) is 0 Å². The van der Waals surface area contributed by atoms with Crippen molar-refractivity contribution in [3.05, 3.63) is 29.3 Å². The number of hydrogen-bond donors (Lipinski definition) is 2. The van der Waals surface area contributed by atoms with Gasteiger partial charge in [0.05, 0.1) is 23.8 Å². The van der Waals surface area contributed by atoms with Crippen LogP contribution in [0.5, 0.6) is 0 Å². The van der Waals surface area contributed by atoms with Gasteiger partial charge in [0.25, 0.3) is 0 Å². The first-order chi connectivity index (χ1) is 7.39. The van der Waals surface area contributed by atoms with E-state index in [4.69, 9.17) is 10.4 Å². The Labute approximate surface area is 92.3 Å². The van der Waals surface area contributed by atoms with Crippen LogP contribution in [0.1, 0.15) is 19.4 Å². The van der Waals surface area contributed by atoms with E-state index in [0.717, 1.165) is 12.1 Å². The number of nitrogens with zero attached hydrogens (tertiary/aromatic N) is 1. The van der Waals surface area contributed by atoms with Gasteiger partial charge in [-0.1, -0.05) is 0 Å². The summed E-state index contributed by atoms with van der Waals surface area (Å²) in [4.78, 5) is 0. The topological polar surface area (TPSA) is 56.0 Å². The molecule has 0 atom stereocenters. The predicted molar refractivity (Wildman–Crippen MR) is 55.9 cm³/mol. The maximum Gasteiger partial charge on any atom is 0.150 e. The van der Waals surface area contributed by atoms with E-state index in [1.165, 1.54) is 0 Å². The predicted octanol–water partition coefficient (Wildman–Crippen LogP) is 2.02. The fraction of sp³-hybridized carbons (Fsp3) is 0.364. The average Bonchev–Trinajstić information content (AvgIpc) is 2.23. The molecule has 0 aliphatic carbocycles. The fourth-order valence-electron chi connectivity index (χ4n) is 1.14. The highest BCUT2D eigenvalue weighted by atomic mass is 19.1. The minimum Gasteiger partial charge on any atom is -0.394 e. The lowest BCUT2D eigenvalue weighted by Gasteiger charge is -2.25. The van der Waals surface area contributed by atoms with Gasteiger partial charge in [-0.3, -0.25) is 0 Å². The van der Waals surface area contributed by atoms with Crippen molar-refractivity contribution in [2.24, 2.45) is 0 Å². The Morgan fingerprint density at radius 1 is 1.38 bits per heavy atom. The van der Waals surface area contributed by atoms with Gasteiger partial charge in [0.15, 0.2) is 11.6 Å². The smallest absolute Gasteiger partial charge is 0.150 e. The van der Waals surface area contributed by atoms with Crippen LogP contribution in [0.15, 0.2) is 12.1 Å². The Hall–Kier alpha value is -1.67. The third-order valence-corrected chi connectivity index (χ3v) is 2.03. The normalized spacial score (nSPS) is 11.0. The van der Waals surface area contributed by atoms with Crippen LogP contribution in [0, 0.1) is 23.0 Å². The Balaban J connectivity index is 3.12. The van der Waals surface area contributed by atoms with Crippen LogP contribution in [0.3, 0.4) is 0 Å². The van der Waals surface area contributed by atoms with Gasteiger partial charge < -0.3 is 10.4 Å². The molecule has 0 radical (unpaired) electrons. The van der Waals surface area contributed by atoms with Crippen LogP contribution >= 0.6 is 0 Å². The molecule has 0 aliphatic heterocycles. The standard InChI is InChI=1S/C11H12F2N2O/c1-11(2,6-16)15-10-8(12)3-7(5-14)4-9(10)13/h3-4,15-16H,6H2,1-2H3. The Bertz CT molecular complexity index is 415. The Kier molecular flexibility index (Phi) is 3.45. The molecule has 86 valence electrons. The summed E-state index contributed by atoms with van der Waals surface area (Å²) in [5.41, 5.74) is -1.25. The highest BCUT2D eigenvalue weighted by Crippen LogP contribution is 2.23. The molecule has 3 nitrogen and oxygen atoms in total. The lowest BCUT2D eigenvalue weighted by molar-refractivity contribution is 0.233. The van der Waals surface area contributed by atoms with E-state index in [9.17, 15) is 8.78 Å². The zero-order valence-corrected chi connectivity index (χ0v) is 9.01. The maximum atomic E-state index is 13.4. The molecular weight excluding hydrogens is 214 g/mol. The molecule has 2 N–H and O–H groups in total. The van der Waals surface area contributed by atoms with Gasteiger partial charge in [-0.05, 0) is 26.0 Å². The van der Waals surface area contributed by atoms with Gasteiger partial charge in [0, 0.05) is 0 Å². The first-order valence-electron chi connectivity index (χ1n) is 4.68. The average molecular weight is 226 g/mol. The molecule has 0 spiro atoms. The van der Waals surface area contributed by atoms with Crippen molar-refractivity contribution in [3.8, 4) is 6.07 Å². The van der Waals surface area contributed by atoms with Crippen LogP contribution in [-0.2, 0) is 0 Å². The molecule has 1 aromatic rings. The SMILES string of the molecule is CC(C)(CO)Nc1c(F)cc(C#N)cc1F. The van der Waals surface area contributed by atoms with E-state index in [0.29, 0.717) is 0 Å². The van der Waals surface area contributed by atoms with Crippen LogP contribution in [0.25, 0.3) is 0 Å². The number of rotatable bonds is 3. The number of benzene rings is 1. The summed E-state index contributed by atoms with van der Waals surface area (Å²) in [7, 11) is 0. The van der Waals surface area contributed by atoms with E-state index >= 15 is 0 Å². The minimum atomic E-state index is -0.849. The molecule has 0 fully saturated rings. The second-order valence-electron chi connectivity index (χ2n) is 4.09. The van der Waals surface area contributed by atoms with Crippen molar-refractivity contribution in [1.82, 2.24) is 0 Å². The molecule has 1 aromatic carbocycles. The third kappa shape index (κ3) is 2.67. The molecule has 16 heavy (non-hydrogen) atoms.